The van der Waals surface area contributed by atoms with Gasteiger partial charge in [-0.1, -0.05) is 18.2 Å². The van der Waals surface area contributed by atoms with E-state index in [-0.39, 0.29) is 0 Å². The van der Waals surface area contributed by atoms with E-state index in [0.717, 1.165) is 24.2 Å². The van der Waals surface area contributed by atoms with Crippen LogP contribution in [-0.4, -0.2) is 28.9 Å². The maximum absolute atomic E-state index is 9.11. The normalized spacial score (nSPS) is 10.9. The van der Waals surface area contributed by atoms with Crippen LogP contribution in [0.2, 0.25) is 0 Å². The molecule has 2 rings (SSSR count). The van der Waals surface area contributed by atoms with Crippen LogP contribution in [0.4, 0.5) is 0 Å². The highest BCUT2D eigenvalue weighted by atomic mass is 16.5. The monoisotopic (exact) mass is 304 g/mol. The quantitative estimate of drug-likeness (QED) is 0.886. The lowest BCUT2D eigenvalue weighted by Gasteiger charge is -2.09. The Kier molecular flexibility index (Phi) is 7.50. The summed E-state index contributed by atoms with van der Waals surface area (Å²) in [6.45, 7) is 3.06. The first-order valence-corrected chi connectivity index (χ1v) is 6.80. The van der Waals surface area contributed by atoms with Crippen molar-refractivity contribution in [2.24, 2.45) is 0 Å². The largest absolute Gasteiger partial charge is 0.491 e. The molecular weight excluding hydrogens is 284 g/mol. The fraction of sp³-hybridized carbons (Fsp3) is 0.235. The van der Waals surface area contributed by atoms with Gasteiger partial charge in [-0.2, -0.15) is 0 Å². The van der Waals surface area contributed by atoms with Crippen molar-refractivity contribution < 1.29 is 24.5 Å². The molecule has 0 bridgehead atoms. The molecule has 1 unspecified atom stereocenters. The van der Waals surface area contributed by atoms with Crippen LogP contribution in [0, 0.1) is 0 Å². The zero-order chi connectivity index (χ0) is 16.4. The smallest absolute Gasteiger partial charge is 0.300 e. The van der Waals surface area contributed by atoms with Crippen molar-refractivity contribution in [3.63, 3.8) is 0 Å². The zero-order valence-corrected chi connectivity index (χ0v) is 12.6. The molecule has 5 heteroatoms. The molecule has 2 aromatic rings. The molecule has 0 saturated carbocycles. The summed E-state index contributed by atoms with van der Waals surface area (Å²) in [7, 11) is 0. The molecule has 0 saturated heterocycles. The molecular formula is C17H20O5. The van der Waals surface area contributed by atoms with Gasteiger partial charge in [-0.25, -0.2) is 0 Å². The number of carbonyl (C=O) groups is 1. The van der Waals surface area contributed by atoms with Gasteiger partial charge in [-0.3, -0.25) is 4.79 Å². The molecule has 0 aliphatic carbocycles. The van der Waals surface area contributed by atoms with Crippen LogP contribution < -0.4 is 9.47 Å². The molecule has 0 radical (unpaired) electrons. The average molecular weight is 304 g/mol. The molecule has 0 aromatic heterocycles. The number of carboxylic acid groups (broad SMARTS) is 1. The second-order valence-corrected chi connectivity index (χ2v) is 4.57. The minimum atomic E-state index is -0.833. The standard InChI is InChI=1S/C15H16O3.C2H4O2/c1-12(16)11-17-13-7-9-15(10-8-13)18-14-5-3-2-4-6-14;1-2(3)4/h2-10,12,16H,11H2,1H3;1H3,(H,3,4). The first-order valence-electron chi connectivity index (χ1n) is 6.80. The summed E-state index contributed by atoms with van der Waals surface area (Å²) >= 11 is 0. The highest BCUT2D eigenvalue weighted by Crippen LogP contribution is 2.23. The second kappa shape index (κ2) is 9.41. The summed E-state index contributed by atoms with van der Waals surface area (Å²) in [5.41, 5.74) is 0. The number of carboxylic acids is 1. The maximum Gasteiger partial charge on any atom is 0.300 e. The molecule has 0 spiro atoms. The Labute approximate surface area is 129 Å². The van der Waals surface area contributed by atoms with Gasteiger partial charge < -0.3 is 19.7 Å². The molecule has 0 heterocycles. The molecule has 1 atom stereocenters. The number of aliphatic hydroxyl groups excluding tert-OH is 1. The molecule has 22 heavy (non-hydrogen) atoms. The summed E-state index contributed by atoms with van der Waals surface area (Å²) in [5, 5.41) is 16.5. The lowest BCUT2D eigenvalue weighted by molar-refractivity contribution is -0.134. The number of para-hydroxylation sites is 1. The Morgan fingerprint density at radius 2 is 1.45 bits per heavy atom. The Bertz CT molecular complexity index is 545. The Morgan fingerprint density at radius 1 is 1.00 bits per heavy atom. The van der Waals surface area contributed by atoms with E-state index in [1.165, 1.54) is 0 Å². The number of benzene rings is 2. The van der Waals surface area contributed by atoms with Gasteiger partial charge in [-0.15, -0.1) is 0 Å². The van der Waals surface area contributed by atoms with Crippen LogP contribution in [0.15, 0.2) is 54.6 Å². The van der Waals surface area contributed by atoms with Crippen LogP contribution in [0.3, 0.4) is 0 Å². The average Bonchev–Trinajstić information content (AvgIpc) is 2.47. The van der Waals surface area contributed by atoms with Gasteiger partial charge in [0.1, 0.15) is 23.9 Å². The topological polar surface area (TPSA) is 76.0 Å². The third kappa shape index (κ3) is 7.91. The van der Waals surface area contributed by atoms with Crippen molar-refractivity contribution in [2.75, 3.05) is 6.61 Å². The van der Waals surface area contributed by atoms with Crippen molar-refractivity contribution in [3.05, 3.63) is 54.6 Å². The Balaban J connectivity index is 0.000000541. The van der Waals surface area contributed by atoms with Crippen molar-refractivity contribution in [1.29, 1.82) is 0 Å². The fourth-order valence-electron chi connectivity index (χ4n) is 1.45. The maximum atomic E-state index is 9.11. The number of aliphatic carboxylic acids is 1. The fourth-order valence-corrected chi connectivity index (χ4v) is 1.45. The van der Waals surface area contributed by atoms with E-state index in [4.69, 9.17) is 24.5 Å². The third-order valence-corrected chi connectivity index (χ3v) is 2.29. The summed E-state index contributed by atoms with van der Waals surface area (Å²) < 4.78 is 11.0. The van der Waals surface area contributed by atoms with E-state index in [2.05, 4.69) is 0 Å². The van der Waals surface area contributed by atoms with Crippen LogP contribution >= 0.6 is 0 Å². The van der Waals surface area contributed by atoms with Gasteiger partial charge in [0.15, 0.2) is 0 Å². The number of hydrogen-bond acceptors (Lipinski definition) is 4. The molecule has 2 N–H and O–H groups in total. The predicted molar refractivity (Wildman–Crippen MR) is 83.4 cm³/mol. The van der Waals surface area contributed by atoms with Crippen LogP contribution in [0.1, 0.15) is 13.8 Å². The van der Waals surface area contributed by atoms with E-state index in [1.54, 1.807) is 6.92 Å². The molecule has 2 aromatic carbocycles. The molecule has 0 fully saturated rings. The summed E-state index contributed by atoms with van der Waals surface area (Å²) in [6, 6.07) is 16.9. The summed E-state index contributed by atoms with van der Waals surface area (Å²) in [6.07, 6.45) is -0.467. The van der Waals surface area contributed by atoms with Crippen LogP contribution in [0.5, 0.6) is 17.2 Å². The predicted octanol–water partition coefficient (Wildman–Crippen LogP) is 3.33. The van der Waals surface area contributed by atoms with Crippen LogP contribution in [-0.2, 0) is 4.79 Å². The van der Waals surface area contributed by atoms with E-state index in [1.807, 2.05) is 54.6 Å². The third-order valence-electron chi connectivity index (χ3n) is 2.29. The minimum absolute atomic E-state index is 0.291. The molecule has 0 amide bonds. The number of rotatable bonds is 5. The highest BCUT2D eigenvalue weighted by molar-refractivity contribution is 5.62. The van der Waals surface area contributed by atoms with Gasteiger partial charge in [0.2, 0.25) is 0 Å². The minimum Gasteiger partial charge on any atom is -0.491 e. The number of hydrogen-bond donors (Lipinski definition) is 2. The SMILES string of the molecule is CC(=O)O.CC(O)COc1ccc(Oc2ccccc2)cc1. The first kappa shape index (κ1) is 17.5. The summed E-state index contributed by atoms with van der Waals surface area (Å²) in [4.78, 5) is 9.00. The molecule has 5 nitrogen and oxygen atoms in total. The lowest BCUT2D eigenvalue weighted by Crippen LogP contribution is -2.12. The van der Waals surface area contributed by atoms with Crippen molar-refractivity contribution in [3.8, 4) is 17.2 Å². The second-order valence-electron chi connectivity index (χ2n) is 4.57. The molecule has 118 valence electrons. The van der Waals surface area contributed by atoms with Gasteiger partial charge >= 0.3 is 0 Å². The van der Waals surface area contributed by atoms with Crippen molar-refractivity contribution in [1.82, 2.24) is 0 Å². The van der Waals surface area contributed by atoms with E-state index in [9.17, 15) is 0 Å². The van der Waals surface area contributed by atoms with E-state index < -0.39 is 12.1 Å². The summed E-state index contributed by atoms with van der Waals surface area (Å²) in [5.74, 6) is 1.44. The van der Waals surface area contributed by atoms with Gasteiger partial charge in [0.05, 0.1) is 6.10 Å². The number of ether oxygens (including phenoxy) is 2. The van der Waals surface area contributed by atoms with Crippen molar-refractivity contribution in [2.45, 2.75) is 20.0 Å². The van der Waals surface area contributed by atoms with E-state index >= 15 is 0 Å². The van der Waals surface area contributed by atoms with Gasteiger partial charge in [-0.05, 0) is 43.3 Å². The zero-order valence-electron chi connectivity index (χ0n) is 12.6. The van der Waals surface area contributed by atoms with Crippen LogP contribution in [0.25, 0.3) is 0 Å². The first-order chi connectivity index (χ1) is 10.5. The van der Waals surface area contributed by atoms with Crippen molar-refractivity contribution >= 4 is 5.97 Å². The highest BCUT2D eigenvalue weighted by Gasteiger charge is 2.00. The van der Waals surface area contributed by atoms with Gasteiger partial charge in [0.25, 0.3) is 5.97 Å². The van der Waals surface area contributed by atoms with E-state index in [0.29, 0.717) is 6.61 Å². The Hall–Kier alpha value is -2.53. The number of aliphatic hydroxyl groups is 1. The lowest BCUT2D eigenvalue weighted by atomic mass is 10.3. The van der Waals surface area contributed by atoms with Gasteiger partial charge in [0, 0.05) is 6.92 Å². The molecule has 0 aliphatic rings. The molecule has 0 aliphatic heterocycles. The Morgan fingerprint density at radius 3 is 1.95 bits per heavy atom.